The molecule has 1 aromatic carbocycles. The molecule has 10 heteroatoms. The van der Waals surface area contributed by atoms with Gasteiger partial charge < -0.3 is 15.2 Å². The number of aromatic amines is 1. The minimum atomic E-state index is -0.743. The van der Waals surface area contributed by atoms with E-state index in [1.54, 1.807) is 25.7 Å². The number of nitrogens with one attached hydrogen (secondary N) is 2. The number of benzene rings is 1. The van der Waals surface area contributed by atoms with E-state index >= 15 is 0 Å². The minimum Gasteiger partial charge on any atom is -0.481 e. The standard InChI is InChI=1S/C27H28N6O3.ClH/c1-17(36-2)11-21-13-28-16-25(32-21)30-15-24-22(14-31-33-24)23-8-5-19(12-29-23)18-3-6-20(7-4-18)27(9-10-27)26(34)35;/h3-8,12-14,16-17H,9-11,15H2,1-2H3,(H,30,32)(H,31,33)(H,34,35);1H/t17-;/m1./s1. The first kappa shape index (κ1) is 26.2. The number of pyridine rings is 1. The molecular formula is C27H29ClN6O3. The van der Waals surface area contributed by atoms with Crippen LogP contribution in [-0.4, -0.2) is 49.4 Å². The summed E-state index contributed by atoms with van der Waals surface area (Å²) in [5.41, 5.74) is 5.58. The van der Waals surface area contributed by atoms with Crippen molar-refractivity contribution in [2.75, 3.05) is 12.4 Å². The van der Waals surface area contributed by atoms with E-state index in [9.17, 15) is 9.90 Å². The van der Waals surface area contributed by atoms with Gasteiger partial charge in [0, 0.05) is 37.1 Å². The van der Waals surface area contributed by atoms with E-state index in [1.165, 1.54) is 0 Å². The van der Waals surface area contributed by atoms with Gasteiger partial charge in [-0.3, -0.25) is 19.9 Å². The summed E-state index contributed by atoms with van der Waals surface area (Å²) in [5.74, 6) is -0.0638. The number of aromatic nitrogens is 5. The lowest BCUT2D eigenvalue weighted by Crippen LogP contribution is -2.19. The van der Waals surface area contributed by atoms with Crippen molar-refractivity contribution in [3.8, 4) is 22.4 Å². The molecule has 1 atom stereocenters. The molecule has 1 saturated carbocycles. The fourth-order valence-electron chi connectivity index (χ4n) is 4.27. The van der Waals surface area contributed by atoms with Crippen molar-refractivity contribution in [3.05, 3.63) is 78.1 Å². The number of anilines is 1. The number of H-pyrrole nitrogens is 1. The van der Waals surface area contributed by atoms with Crippen LogP contribution in [0.3, 0.4) is 0 Å². The first-order valence-corrected chi connectivity index (χ1v) is 11.9. The number of rotatable bonds is 10. The van der Waals surface area contributed by atoms with Crippen LogP contribution in [0.1, 0.15) is 36.7 Å². The van der Waals surface area contributed by atoms with Crippen LogP contribution in [0.25, 0.3) is 22.4 Å². The van der Waals surface area contributed by atoms with E-state index in [1.807, 2.05) is 49.5 Å². The molecule has 0 bridgehead atoms. The highest BCUT2D eigenvalue weighted by molar-refractivity contribution is 5.85. The Morgan fingerprint density at radius 1 is 1.11 bits per heavy atom. The Morgan fingerprint density at radius 2 is 1.86 bits per heavy atom. The van der Waals surface area contributed by atoms with E-state index in [2.05, 4.69) is 30.5 Å². The lowest BCUT2D eigenvalue weighted by Gasteiger charge is -2.11. The lowest BCUT2D eigenvalue weighted by molar-refractivity contribution is -0.140. The molecule has 4 aromatic rings. The van der Waals surface area contributed by atoms with Gasteiger partial charge in [-0.15, -0.1) is 12.4 Å². The van der Waals surface area contributed by atoms with Gasteiger partial charge in [0.15, 0.2) is 0 Å². The maximum Gasteiger partial charge on any atom is 0.314 e. The summed E-state index contributed by atoms with van der Waals surface area (Å²) in [5, 5.41) is 20.1. The molecule has 1 fully saturated rings. The topological polar surface area (TPSA) is 126 Å². The molecule has 0 unspecified atom stereocenters. The number of hydrogen-bond donors (Lipinski definition) is 3. The van der Waals surface area contributed by atoms with Crippen molar-refractivity contribution >= 4 is 24.2 Å². The van der Waals surface area contributed by atoms with Crippen molar-refractivity contribution in [2.24, 2.45) is 0 Å². The summed E-state index contributed by atoms with van der Waals surface area (Å²) >= 11 is 0. The van der Waals surface area contributed by atoms with Crippen LogP contribution in [0.2, 0.25) is 0 Å². The molecule has 0 radical (unpaired) electrons. The molecule has 9 nitrogen and oxygen atoms in total. The molecule has 0 amide bonds. The summed E-state index contributed by atoms with van der Waals surface area (Å²) in [6.45, 7) is 2.48. The fourth-order valence-corrected chi connectivity index (χ4v) is 4.27. The van der Waals surface area contributed by atoms with Crippen LogP contribution < -0.4 is 5.32 Å². The quantitative estimate of drug-likeness (QED) is 0.276. The Bertz CT molecular complexity index is 1350. The number of nitrogens with zero attached hydrogens (tertiary/aromatic N) is 4. The molecule has 37 heavy (non-hydrogen) atoms. The van der Waals surface area contributed by atoms with E-state index in [0.717, 1.165) is 39.3 Å². The molecule has 0 saturated heterocycles. The lowest BCUT2D eigenvalue weighted by atomic mass is 9.94. The molecule has 0 aliphatic heterocycles. The molecule has 5 rings (SSSR count). The first-order chi connectivity index (χ1) is 17.5. The van der Waals surface area contributed by atoms with Crippen molar-refractivity contribution in [2.45, 2.75) is 44.2 Å². The Morgan fingerprint density at radius 3 is 2.51 bits per heavy atom. The smallest absolute Gasteiger partial charge is 0.314 e. The zero-order valence-corrected chi connectivity index (χ0v) is 21.5. The highest BCUT2D eigenvalue weighted by Crippen LogP contribution is 2.48. The Labute approximate surface area is 221 Å². The number of methoxy groups -OCH3 is 1. The molecule has 0 spiro atoms. The number of carbonyl (C=O) groups is 1. The fraction of sp³-hybridized carbons (Fsp3) is 0.296. The summed E-state index contributed by atoms with van der Waals surface area (Å²) < 4.78 is 5.31. The third-order valence-electron chi connectivity index (χ3n) is 6.72. The van der Waals surface area contributed by atoms with Gasteiger partial charge in [0.2, 0.25) is 0 Å². The molecule has 1 aliphatic carbocycles. The van der Waals surface area contributed by atoms with Crippen LogP contribution >= 0.6 is 12.4 Å². The van der Waals surface area contributed by atoms with E-state index in [0.29, 0.717) is 31.6 Å². The van der Waals surface area contributed by atoms with Gasteiger partial charge in [0.05, 0.1) is 47.5 Å². The Hall–Kier alpha value is -3.82. The predicted octanol–water partition coefficient (Wildman–Crippen LogP) is 4.66. The van der Waals surface area contributed by atoms with Gasteiger partial charge in [-0.2, -0.15) is 5.10 Å². The third-order valence-corrected chi connectivity index (χ3v) is 6.72. The summed E-state index contributed by atoms with van der Waals surface area (Å²) in [6.07, 6.45) is 9.18. The normalized spacial score (nSPS) is 14.4. The van der Waals surface area contributed by atoms with Crippen LogP contribution in [0.4, 0.5) is 5.82 Å². The predicted molar refractivity (Wildman–Crippen MR) is 143 cm³/mol. The minimum absolute atomic E-state index is 0. The molecule has 3 heterocycles. The third kappa shape index (κ3) is 5.63. The highest BCUT2D eigenvalue weighted by Gasteiger charge is 2.51. The second-order valence-electron chi connectivity index (χ2n) is 9.16. The monoisotopic (exact) mass is 520 g/mol. The highest BCUT2D eigenvalue weighted by atomic mass is 35.5. The SMILES string of the molecule is CO[C@H](C)Cc1cncc(NCc2[nH]ncc2-c2ccc(-c3ccc(C4(C(=O)O)CC4)cc3)cn2)n1.Cl. The largest absolute Gasteiger partial charge is 0.481 e. The van der Waals surface area contributed by atoms with E-state index in [4.69, 9.17) is 4.74 Å². The molecule has 1 aliphatic rings. The van der Waals surface area contributed by atoms with E-state index in [-0.39, 0.29) is 18.5 Å². The van der Waals surface area contributed by atoms with Crippen molar-refractivity contribution in [3.63, 3.8) is 0 Å². The number of carboxylic acids is 1. The number of hydrogen-bond acceptors (Lipinski definition) is 7. The number of aliphatic carboxylic acids is 1. The second-order valence-corrected chi connectivity index (χ2v) is 9.16. The van der Waals surface area contributed by atoms with Crippen LogP contribution in [0.5, 0.6) is 0 Å². The van der Waals surface area contributed by atoms with E-state index < -0.39 is 11.4 Å². The van der Waals surface area contributed by atoms with Crippen molar-refractivity contribution in [1.82, 2.24) is 25.1 Å². The van der Waals surface area contributed by atoms with Crippen LogP contribution in [0, 0.1) is 0 Å². The number of ether oxygens (including phenoxy) is 1. The van der Waals surface area contributed by atoms with Gasteiger partial charge in [-0.25, -0.2) is 4.98 Å². The molecular weight excluding hydrogens is 492 g/mol. The summed E-state index contributed by atoms with van der Waals surface area (Å²) in [6, 6.07) is 11.7. The van der Waals surface area contributed by atoms with Gasteiger partial charge in [0.1, 0.15) is 5.82 Å². The average Bonchev–Trinajstić information content (AvgIpc) is 3.60. The molecule has 192 valence electrons. The Kier molecular flexibility index (Phi) is 7.85. The zero-order chi connectivity index (χ0) is 25.1. The molecule has 3 aromatic heterocycles. The maximum absolute atomic E-state index is 11.6. The van der Waals surface area contributed by atoms with Gasteiger partial charge in [0.25, 0.3) is 0 Å². The average molecular weight is 521 g/mol. The number of carboxylic acid groups (broad SMARTS) is 1. The van der Waals surface area contributed by atoms with Gasteiger partial charge in [-0.1, -0.05) is 30.3 Å². The van der Waals surface area contributed by atoms with Crippen LogP contribution in [-0.2, 0) is 27.9 Å². The maximum atomic E-state index is 11.6. The molecule has 3 N–H and O–H groups in total. The van der Waals surface area contributed by atoms with Gasteiger partial charge >= 0.3 is 5.97 Å². The van der Waals surface area contributed by atoms with Crippen molar-refractivity contribution in [1.29, 1.82) is 0 Å². The Balaban J connectivity index is 0.00000320. The second kappa shape index (κ2) is 11.1. The summed E-state index contributed by atoms with van der Waals surface area (Å²) in [4.78, 5) is 25.1. The summed E-state index contributed by atoms with van der Waals surface area (Å²) in [7, 11) is 1.68. The van der Waals surface area contributed by atoms with Crippen molar-refractivity contribution < 1.29 is 14.6 Å². The zero-order valence-electron chi connectivity index (χ0n) is 20.6. The van der Waals surface area contributed by atoms with Gasteiger partial charge in [-0.05, 0) is 37.0 Å². The number of halogens is 1. The first-order valence-electron chi connectivity index (χ1n) is 11.9. The van der Waals surface area contributed by atoms with Crippen LogP contribution in [0.15, 0.2) is 61.2 Å².